The first-order chi connectivity index (χ1) is 8.38. The maximum absolute atomic E-state index is 5.58. The number of benzene rings is 1. The monoisotopic (exact) mass is 241 g/mol. The molecule has 0 radical (unpaired) electrons. The molecule has 4 heteroatoms. The molecule has 3 nitrogen and oxygen atoms in total. The molecular formula is C13H11N3S. The van der Waals surface area contributed by atoms with E-state index in [2.05, 4.69) is 27.5 Å². The van der Waals surface area contributed by atoms with Gasteiger partial charge in [0.1, 0.15) is 0 Å². The highest BCUT2D eigenvalue weighted by atomic mass is 32.1. The summed E-state index contributed by atoms with van der Waals surface area (Å²) in [5.74, 6) is 0. The van der Waals surface area contributed by atoms with Gasteiger partial charge in [0, 0.05) is 33.8 Å². The SMILES string of the molecule is NCc1cncc(-c2csc3ccccc23)n1. The standard InChI is InChI=1S/C13H11N3S/c14-5-9-6-15-7-12(16-9)11-8-17-13-4-2-1-3-10(11)13/h1-4,6-8H,5,14H2. The first-order valence-electron chi connectivity index (χ1n) is 5.36. The highest BCUT2D eigenvalue weighted by molar-refractivity contribution is 7.17. The Bertz CT molecular complexity index is 660. The van der Waals surface area contributed by atoms with Crippen molar-refractivity contribution in [3.8, 4) is 11.3 Å². The van der Waals surface area contributed by atoms with Crippen molar-refractivity contribution in [1.82, 2.24) is 9.97 Å². The number of rotatable bonds is 2. The number of nitrogens with two attached hydrogens (primary N) is 1. The molecule has 0 amide bonds. The van der Waals surface area contributed by atoms with Gasteiger partial charge in [-0.05, 0) is 6.07 Å². The van der Waals surface area contributed by atoms with Gasteiger partial charge in [0.15, 0.2) is 0 Å². The maximum Gasteiger partial charge on any atom is 0.0903 e. The van der Waals surface area contributed by atoms with E-state index in [-0.39, 0.29) is 0 Å². The van der Waals surface area contributed by atoms with Gasteiger partial charge in [-0.15, -0.1) is 11.3 Å². The lowest BCUT2D eigenvalue weighted by Crippen LogP contribution is -2.00. The van der Waals surface area contributed by atoms with Crippen LogP contribution in [-0.4, -0.2) is 9.97 Å². The van der Waals surface area contributed by atoms with Crippen molar-refractivity contribution in [3.63, 3.8) is 0 Å². The van der Waals surface area contributed by atoms with Crippen LogP contribution in [0.15, 0.2) is 42.0 Å². The fraction of sp³-hybridized carbons (Fsp3) is 0.0769. The number of fused-ring (bicyclic) bond motifs is 1. The molecule has 0 aliphatic carbocycles. The molecule has 17 heavy (non-hydrogen) atoms. The lowest BCUT2D eigenvalue weighted by molar-refractivity contribution is 0.968. The van der Waals surface area contributed by atoms with Gasteiger partial charge >= 0.3 is 0 Å². The van der Waals surface area contributed by atoms with Gasteiger partial charge in [-0.2, -0.15) is 0 Å². The smallest absolute Gasteiger partial charge is 0.0903 e. The van der Waals surface area contributed by atoms with Crippen molar-refractivity contribution >= 4 is 21.4 Å². The number of hydrogen-bond acceptors (Lipinski definition) is 4. The summed E-state index contributed by atoms with van der Waals surface area (Å²) in [6.07, 6.45) is 3.49. The fourth-order valence-corrected chi connectivity index (χ4v) is 2.77. The molecule has 0 saturated carbocycles. The van der Waals surface area contributed by atoms with Crippen molar-refractivity contribution in [2.24, 2.45) is 5.73 Å². The summed E-state index contributed by atoms with van der Waals surface area (Å²) in [5, 5.41) is 3.34. The minimum atomic E-state index is 0.420. The van der Waals surface area contributed by atoms with Gasteiger partial charge in [0.2, 0.25) is 0 Å². The molecular weight excluding hydrogens is 230 g/mol. The Morgan fingerprint density at radius 2 is 2.06 bits per heavy atom. The maximum atomic E-state index is 5.58. The third kappa shape index (κ3) is 1.81. The van der Waals surface area contributed by atoms with E-state index in [4.69, 9.17) is 5.73 Å². The largest absolute Gasteiger partial charge is 0.325 e. The third-order valence-corrected chi connectivity index (χ3v) is 3.61. The van der Waals surface area contributed by atoms with Gasteiger partial charge in [-0.25, -0.2) is 4.98 Å². The van der Waals surface area contributed by atoms with Crippen LogP contribution in [0.5, 0.6) is 0 Å². The molecule has 0 saturated heterocycles. The van der Waals surface area contributed by atoms with E-state index in [0.29, 0.717) is 6.54 Å². The van der Waals surface area contributed by atoms with E-state index in [0.717, 1.165) is 17.0 Å². The Hall–Kier alpha value is -1.78. The molecule has 2 N–H and O–H groups in total. The van der Waals surface area contributed by atoms with Crippen molar-refractivity contribution < 1.29 is 0 Å². The predicted molar refractivity (Wildman–Crippen MR) is 70.7 cm³/mol. The molecule has 3 rings (SSSR count). The van der Waals surface area contributed by atoms with Crippen molar-refractivity contribution in [2.75, 3.05) is 0 Å². The minimum Gasteiger partial charge on any atom is -0.325 e. The average molecular weight is 241 g/mol. The van der Waals surface area contributed by atoms with Crippen molar-refractivity contribution in [3.05, 3.63) is 47.7 Å². The Morgan fingerprint density at radius 3 is 2.94 bits per heavy atom. The number of thiophene rings is 1. The van der Waals surface area contributed by atoms with Gasteiger partial charge in [-0.3, -0.25) is 4.98 Å². The summed E-state index contributed by atoms with van der Waals surface area (Å²) < 4.78 is 1.27. The van der Waals surface area contributed by atoms with Crippen LogP contribution in [0.25, 0.3) is 21.3 Å². The highest BCUT2D eigenvalue weighted by Gasteiger charge is 2.07. The molecule has 2 aromatic heterocycles. The second kappa shape index (κ2) is 4.24. The van der Waals surface area contributed by atoms with Crippen LogP contribution in [0.1, 0.15) is 5.69 Å². The summed E-state index contributed by atoms with van der Waals surface area (Å²) in [5.41, 5.74) is 8.43. The van der Waals surface area contributed by atoms with Crippen LogP contribution in [-0.2, 0) is 6.54 Å². The molecule has 0 aliphatic heterocycles. The van der Waals surface area contributed by atoms with Crippen LogP contribution in [0, 0.1) is 0 Å². The lowest BCUT2D eigenvalue weighted by atomic mass is 10.1. The van der Waals surface area contributed by atoms with Crippen LogP contribution in [0.2, 0.25) is 0 Å². The van der Waals surface area contributed by atoms with Crippen LogP contribution >= 0.6 is 11.3 Å². The zero-order valence-corrected chi connectivity index (χ0v) is 9.95. The number of hydrogen-bond donors (Lipinski definition) is 1. The van der Waals surface area contributed by atoms with Crippen LogP contribution in [0.4, 0.5) is 0 Å². The molecule has 0 fully saturated rings. The molecule has 84 valence electrons. The molecule has 1 aromatic carbocycles. The molecule has 0 aliphatic rings. The zero-order valence-electron chi connectivity index (χ0n) is 9.13. The Labute approximate surface area is 103 Å². The van der Waals surface area contributed by atoms with E-state index in [1.807, 2.05) is 12.1 Å². The highest BCUT2D eigenvalue weighted by Crippen LogP contribution is 2.32. The number of nitrogens with zero attached hydrogens (tertiary/aromatic N) is 2. The topological polar surface area (TPSA) is 51.8 Å². The average Bonchev–Trinajstić information content (AvgIpc) is 2.82. The zero-order chi connectivity index (χ0) is 11.7. The summed E-state index contributed by atoms with van der Waals surface area (Å²) in [6.45, 7) is 0.420. The van der Waals surface area contributed by atoms with E-state index >= 15 is 0 Å². The molecule has 3 aromatic rings. The molecule has 0 atom stereocenters. The normalized spacial score (nSPS) is 10.9. The fourth-order valence-electron chi connectivity index (χ4n) is 1.81. The second-order valence-electron chi connectivity index (χ2n) is 3.75. The Balaban J connectivity index is 2.20. The molecule has 2 heterocycles. The summed E-state index contributed by atoms with van der Waals surface area (Å²) in [4.78, 5) is 8.68. The second-order valence-corrected chi connectivity index (χ2v) is 4.66. The lowest BCUT2D eigenvalue weighted by Gasteiger charge is -2.01. The Kier molecular flexibility index (Phi) is 2.59. The van der Waals surface area contributed by atoms with Gasteiger partial charge in [0.05, 0.1) is 17.6 Å². The van der Waals surface area contributed by atoms with E-state index in [1.54, 1.807) is 23.7 Å². The molecule has 0 spiro atoms. The van der Waals surface area contributed by atoms with Gasteiger partial charge in [0.25, 0.3) is 0 Å². The van der Waals surface area contributed by atoms with Crippen LogP contribution < -0.4 is 5.73 Å². The first-order valence-corrected chi connectivity index (χ1v) is 6.24. The minimum absolute atomic E-state index is 0.420. The van der Waals surface area contributed by atoms with E-state index < -0.39 is 0 Å². The first kappa shape index (κ1) is 10.4. The summed E-state index contributed by atoms with van der Waals surface area (Å²) >= 11 is 1.72. The van der Waals surface area contributed by atoms with Gasteiger partial charge in [-0.1, -0.05) is 18.2 Å². The summed E-state index contributed by atoms with van der Waals surface area (Å²) in [6, 6.07) is 8.31. The Morgan fingerprint density at radius 1 is 1.18 bits per heavy atom. The quantitative estimate of drug-likeness (QED) is 0.750. The van der Waals surface area contributed by atoms with E-state index in [9.17, 15) is 0 Å². The van der Waals surface area contributed by atoms with E-state index in [1.165, 1.54) is 10.1 Å². The predicted octanol–water partition coefficient (Wildman–Crippen LogP) is 2.82. The number of aromatic nitrogens is 2. The molecule has 0 bridgehead atoms. The third-order valence-electron chi connectivity index (χ3n) is 2.65. The van der Waals surface area contributed by atoms with Crippen molar-refractivity contribution in [2.45, 2.75) is 6.54 Å². The van der Waals surface area contributed by atoms with Gasteiger partial charge < -0.3 is 5.73 Å². The molecule has 0 unspecified atom stereocenters. The summed E-state index contributed by atoms with van der Waals surface area (Å²) in [7, 11) is 0. The van der Waals surface area contributed by atoms with Crippen LogP contribution in [0.3, 0.4) is 0 Å². The van der Waals surface area contributed by atoms with Crippen molar-refractivity contribution in [1.29, 1.82) is 0 Å².